The van der Waals surface area contributed by atoms with Gasteiger partial charge in [0.1, 0.15) is 0 Å². The summed E-state index contributed by atoms with van der Waals surface area (Å²) in [6, 6.07) is 4.59. The number of anilines is 1. The molecule has 2 amide bonds. The molecule has 0 aromatic heterocycles. The number of carboxylic acid groups (broad SMARTS) is 1. The Bertz CT molecular complexity index is 524. The number of hydrogen-bond acceptors (Lipinski definition) is 3. The highest BCUT2D eigenvalue weighted by Gasteiger charge is 2.30. The van der Waals surface area contributed by atoms with Crippen LogP contribution in [0.15, 0.2) is 18.2 Å². The SMILES string of the molecule is COC1CC(NC(=O)Nc2cccc(C(=O)O)c2C)C1. The van der Waals surface area contributed by atoms with Crippen LogP contribution < -0.4 is 10.6 Å². The summed E-state index contributed by atoms with van der Waals surface area (Å²) in [4.78, 5) is 22.9. The topological polar surface area (TPSA) is 87.7 Å². The predicted octanol–water partition coefficient (Wildman–Crippen LogP) is 1.99. The maximum absolute atomic E-state index is 11.8. The van der Waals surface area contributed by atoms with Crippen molar-refractivity contribution in [2.24, 2.45) is 0 Å². The van der Waals surface area contributed by atoms with Crippen LogP contribution in [-0.2, 0) is 4.74 Å². The Morgan fingerprint density at radius 1 is 1.35 bits per heavy atom. The van der Waals surface area contributed by atoms with E-state index in [1.54, 1.807) is 26.2 Å². The van der Waals surface area contributed by atoms with E-state index in [1.807, 2.05) is 0 Å². The smallest absolute Gasteiger partial charge is 0.336 e. The highest BCUT2D eigenvalue weighted by molar-refractivity contribution is 5.95. The Labute approximate surface area is 117 Å². The van der Waals surface area contributed by atoms with Crippen LogP contribution in [0.4, 0.5) is 10.5 Å². The molecule has 2 rings (SSSR count). The maximum Gasteiger partial charge on any atom is 0.336 e. The number of rotatable bonds is 4. The van der Waals surface area contributed by atoms with Gasteiger partial charge in [0, 0.05) is 18.8 Å². The summed E-state index contributed by atoms with van der Waals surface area (Å²) in [5.74, 6) is -1.01. The second-order valence-electron chi connectivity index (χ2n) is 4.91. The van der Waals surface area contributed by atoms with Crippen molar-refractivity contribution in [2.75, 3.05) is 12.4 Å². The lowest BCUT2D eigenvalue weighted by atomic mass is 9.89. The Hall–Kier alpha value is -2.08. The molecular formula is C14H18N2O4. The fraction of sp³-hybridized carbons (Fsp3) is 0.429. The lowest BCUT2D eigenvalue weighted by molar-refractivity contribution is 0.0210. The van der Waals surface area contributed by atoms with Gasteiger partial charge < -0.3 is 20.5 Å². The van der Waals surface area contributed by atoms with E-state index in [2.05, 4.69) is 10.6 Å². The van der Waals surface area contributed by atoms with Gasteiger partial charge >= 0.3 is 12.0 Å². The summed E-state index contributed by atoms with van der Waals surface area (Å²) in [5.41, 5.74) is 1.23. The number of carbonyl (C=O) groups is 2. The van der Waals surface area contributed by atoms with Gasteiger partial charge in [0.25, 0.3) is 0 Å². The minimum absolute atomic E-state index is 0.114. The van der Waals surface area contributed by atoms with Gasteiger partial charge in [-0.15, -0.1) is 0 Å². The van der Waals surface area contributed by atoms with Gasteiger partial charge in [-0.05, 0) is 37.5 Å². The Balaban J connectivity index is 1.95. The molecule has 1 aliphatic rings. The number of hydrogen-bond donors (Lipinski definition) is 3. The molecule has 0 aliphatic heterocycles. The van der Waals surface area contributed by atoms with Gasteiger partial charge in [-0.1, -0.05) is 6.07 Å². The number of aromatic carboxylic acids is 1. The van der Waals surface area contributed by atoms with Crippen molar-refractivity contribution in [1.29, 1.82) is 0 Å². The van der Waals surface area contributed by atoms with E-state index in [0.29, 0.717) is 11.3 Å². The molecule has 0 bridgehead atoms. The number of methoxy groups -OCH3 is 1. The van der Waals surface area contributed by atoms with Crippen molar-refractivity contribution in [1.82, 2.24) is 5.32 Å². The molecule has 108 valence electrons. The van der Waals surface area contributed by atoms with Crippen LogP contribution in [0.2, 0.25) is 0 Å². The first-order chi connectivity index (χ1) is 9.51. The van der Waals surface area contributed by atoms with E-state index >= 15 is 0 Å². The van der Waals surface area contributed by atoms with E-state index in [9.17, 15) is 9.59 Å². The molecule has 1 aromatic rings. The quantitative estimate of drug-likeness (QED) is 0.786. The number of benzene rings is 1. The van der Waals surface area contributed by atoms with Crippen LogP contribution in [0.25, 0.3) is 0 Å². The maximum atomic E-state index is 11.8. The van der Waals surface area contributed by atoms with E-state index in [-0.39, 0.29) is 23.7 Å². The molecule has 1 fully saturated rings. The number of carbonyl (C=O) groups excluding carboxylic acids is 1. The summed E-state index contributed by atoms with van der Waals surface area (Å²) in [6.45, 7) is 1.67. The Morgan fingerprint density at radius 3 is 2.65 bits per heavy atom. The average molecular weight is 278 g/mol. The van der Waals surface area contributed by atoms with Crippen LogP contribution in [0.3, 0.4) is 0 Å². The van der Waals surface area contributed by atoms with Gasteiger partial charge in [-0.3, -0.25) is 0 Å². The van der Waals surface area contributed by atoms with Crippen molar-refractivity contribution in [3.8, 4) is 0 Å². The number of amides is 2. The third kappa shape index (κ3) is 3.08. The van der Waals surface area contributed by atoms with Crippen LogP contribution in [-0.4, -0.2) is 36.4 Å². The summed E-state index contributed by atoms with van der Waals surface area (Å²) in [5, 5.41) is 14.5. The number of carboxylic acids is 1. The zero-order valence-electron chi connectivity index (χ0n) is 11.5. The monoisotopic (exact) mass is 278 g/mol. The van der Waals surface area contributed by atoms with Crippen molar-refractivity contribution in [3.05, 3.63) is 29.3 Å². The average Bonchev–Trinajstić information content (AvgIpc) is 2.35. The molecule has 3 N–H and O–H groups in total. The van der Waals surface area contributed by atoms with E-state index in [0.717, 1.165) is 12.8 Å². The molecule has 0 unspecified atom stereocenters. The van der Waals surface area contributed by atoms with E-state index in [1.165, 1.54) is 6.07 Å². The molecule has 1 saturated carbocycles. The summed E-state index contributed by atoms with van der Waals surface area (Å²) in [6.07, 6.45) is 1.83. The van der Waals surface area contributed by atoms with Crippen LogP contribution in [0.5, 0.6) is 0 Å². The third-order valence-corrected chi connectivity index (χ3v) is 3.58. The van der Waals surface area contributed by atoms with Gasteiger partial charge in [0.2, 0.25) is 0 Å². The Kier molecular flexibility index (Phi) is 4.24. The van der Waals surface area contributed by atoms with E-state index in [4.69, 9.17) is 9.84 Å². The standard InChI is InChI=1S/C14H18N2O4/c1-8-11(13(17)18)4-3-5-12(8)16-14(19)15-9-6-10(7-9)20-2/h3-5,9-10H,6-7H2,1-2H3,(H,17,18)(H2,15,16,19). The molecule has 0 heterocycles. The predicted molar refractivity (Wildman–Crippen MR) is 74.1 cm³/mol. The number of urea groups is 1. The molecule has 1 aromatic carbocycles. The van der Waals surface area contributed by atoms with Crippen LogP contribution >= 0.6 is 0 Å². The minimum Gasteiger partial charge on any atom is -0.478 e. The molecule has 0 atom stereocenters. The zero-order chi connectivity index (χ0) is 14.7. The molecule has 20 heavy (non-hydrogen) atoms. The summed E-state index contributed by atoms with van der Waals surface area (Å²) >= 11 is 0. The molecule has 0 radical (unpaired) electrons. The first-order valence-corrected chi connectivity index (χ1v) is 6.44. The molecule has 6 nitrogen and oxygen atoms in total. The molecule has 1 aliphatic carbocycles. The fourth-order valence-corrected chi connectivity index (χ4v) is 2.22. The van der Waals surface area contributed by atoms with Gasteiger partial charge in [0.05, 0.1) is 11.7 Å². The second-order valence-corrected chi connectivity index (χ2v) is 4.91. The summed E-state index contributed by atoms with van der Waals surface area (Å²) < 4.78 is 5.14. The van der Waals surface area contributed by atoms with Crippen molar-refractivity contribution in [2.45, 2.75) is 31.9 Å². The van der Waals surface area contributed by atoms with Crippen LogP contribution in [0.1, 0.15) is 28.8 Å². The lowest BCUT2D eigenvalue weighted by Crippen LogP contribution is -2.48. The first-order valence-electron chi connectivity index (χ1n) is 6.44. The Morgan fingerprint density at radius 2 is 2.05 bits per heavy atom. The zero-order valence-corrected chi connectivity index (χ0v) is 11.5. The number of ether oxygens (including phenoxy) is 1. The van der Waals surface area contributed by atoms with Gasteiger partial charge in [0.15, 0.2) is 0 Å². The highest BCUT2D eigenvalue weighted by Crippen LogP contribution is 2.23. The third-order valence-electron chi connectivity index (χ3n) is 3.58. The van der Waals surface area contributed by atoms with Gasteiger partial charge in [-0.2, -0.15) is 0 Å². The number of nitrogens with one attached hydrogen (secondary N) is 2. The molecular weight excluding hydrogens is 260 g/mol. The minimum atomic E-state index is -1.01. The second kappa shape index (κ2) is 5.92. The molecule has 0 spiro atoms. The molecule has 0 saturated heterocycles. The van der Waals surface area contributed by atoms with Crippen molar-refractivity contribution >= 4 is 17.7 Å². The fourth-order valence-electron chi connectivity index (χ4n) is 2.22. The van der Waals surface area contributed by atoms with E-state index < -0.39 is 5.97 Å². The normalized spacial score (nSPS) is 20.9. The highest BCUT2D eigenvalue weighted by atomic mass is 16.5. The van der Waals surface area contributed by atoms with Crippen molar-refractivity contribution in [3.63, 3.8) is 0 Å². The first kappa shape index (κ1) is 14.3. The summed E-state index contributed by atoms with van der Waals surface area (Å²) in [7, 11) is 1.65. The molecule has 6 heteroatoms. The van der Waals surface area contributed by atoms with Crippen LogP contribution in [0, 0.1) is 6.92 Å². The largest absolute Gasteiger partial charge is 0.478 e. The van der Waals surface area contributed by atoms with Gasteiger partial charge in [-0.25, -0.2) is 9.59 Å². The van der Waals surface area contributed by atoms with Crippen molar-refractivity contribution < 1.29 is 19.4 Å². The lowest BCUT2D eigenvalue weighted by Gasteiger charge is -2.34.